The maximum absolute atomic E-state index is 12.1. The molecule has 2 rings (SSSR count). The molecular formula is C13H15N3O3. The van der Waals surface area contributed by atoms with Crippen LogP contribution in [0.5, 0.6) is 0 Å². The molecule has 0 aliphatic rings. The van der Waals surface area contributed by atoms with Crippen molar-refractivity contribution in [3.05, 3.63) is 36.3 Å². The van der Waals surface area contributed by atoms with Crippen LogP contribution in [0, 0.1) is 0 Å². The van der Waals surface area contributed by atoms with Crippen molar-refractivity contribution in [3.8, 4) is 11.3 Å². The molecule has 2 aromatic rings. The first-order valence-electron chi connectivity index (χ1n) is 6.03. The second-order valence-electron chi connectivity index (χ2n) is 3.92. The Morgan fingerprint density at radius 2 is 2.16 bits per heavy atom. The van der Waals surface area contributed by atoms with Crippen molar-refractivity contribution in [2.75, 3.05) is 19.7 Å². The lowest BCUT2D eigenvalue weighted by molar-refractivity contribution is 0.0721. The molecule has 6 nitrogen and oxygen atoms in total. The predicted molar refractivity (Wildman–Crippen MR) is 68.4 cm³/mol. The molecule has 0 atom stereocenters. The van der Waals surface area contributed by atoms with E-state index in [1.165, 1.54) is 4.90 Å². The minimum Gasteiger partial charge on any atom is -0.395 e. The number of pyridine rings is 1. The van der Waals surface area contributed by atoms with E-state index < -0.39 is 0 Å². The summed E-state index contributed by atoms with van der Waals surface area (Å²) < 4.78 is 5.16. The molecule has 1 N–H and O–H groups in total. The van der Waals surface area contributed by atoms with Crippen LogP contribution in [-0.4, -0.2) is 45.8 Å². The van der Waals surface area contributed by atoms with Gasteiger partial charge in [0.1, 0.15) is 0 Å². The Labute approximate surface area is 110 Å². The van der Waals surface area contributed by atoms with Gasteiger partial charge in [-0.25, -0.2) is 0 Å². The average Bonchev–Trinajstić information content (AvgIpc) is 2.95. The molecule has 1 amide bonds. The molecule has 0 bridgehead atoms. The van der Waals surface area contributed by atoms with Gasteiger partial charge < -0.3 is 14.5 Å². The topological polar surface area (TPSA) is 79.5 Å². The number of nitrogens with zero attached hydrogens (tertiary/aromatic N) is 3. The van der Waals surface area contributed by atoms with Crippen LogP contribution in [0.3, 0.4) is 0 Å². The van der Waals surface area contributed by atoms with Gasteiger partial charge in [-0.15, -0.1) is 0 Å². The molecule has 0 spiro atoms. The Hall–Kier alpha value is -2.21. The highest BCUT2D eigenvalue weighted by atomic mass is 16.5. The molecule has 0 saturated carbocycles. The van der Waals surface area contributed by atoms with Crippen molar-refractivity contribution in [2.45, 2.75) is 6.92 Å². The number of carbonyl (C=O) groups excluding carboxylic acids is 1. The number of hydrogen-bond donors (Lipinski definition) is 1. The number of aliphatic hydroxyl groups excluding tert-OH is 1. The van der Waals surface area contributed by atoms with Crippen molar-refractivity contribution in [2.24, 2.45) is 0 Å². The van der Waals surface area contributed by atoms with Crippen molar-refractivity contribution in [1.29, 1.82) is 0 Å². The quantitative estimate of drug-likeness (QED) is 0.874. The van der Waals surface area contributed by atoms with Gasteiger partial charge in [-0.2, -0.15) is 0 Å². The van der Waals surface area contributed by atoms with Gasteiger partial charge in [0.15, 0.2) is 11.5 Å². The summed E-state index contributed by atoms with van der Waals surface area (Å²) in [6.45, 7) is 2.57. The summed E-state index contributed by atoms with van der Waals surface area (Å²) in [6, 6.07) is 5.15. The molecule has 19 heavy (non-hydrogen) atoms. The summed E-state index contributed by atoms with van der Waals surface area (Å²) in [5.41, 5.74) is 1.05. The van der Waals surface area contributed by atoms with Crippen molar-refractivity contribution in [1.82, 2.24) is 15.0 Å². The molecule has 0 radical (unpaired) electrons. The smallest absolute Gasteiger partial charge is 0.276 e. The zero-order valence-corrected chi connectivity index (χ0v) is 10.6. The molecule has 2 aromatic heterocycles. The second-order valence-corrected chi connectivity index (χ2v) is 3.92. The predicted octanol–water partition coefficient (Wildman–Crippen LogP) is 1.19. The normalized spacial score (nSPS) is 10.4. The number of aromatic nitrogens is 2. The van der Waals surface area contributed by atoms with Crippen LogP contribution in [-0.2, 0) is 0 Å². The number of hydrogen-bond acceptors (Lipinski definition) is 5. The Bertz CT molecular complexity index is 539. The lowest BCUT2D eigenvalue weighted by atomic mass is 10.2. The number of amides is 1. The highest BCUT2D eigenvalue weighted by Crippen LogP contribution is 2.19. The zero-order valence-electron chi connectivity index (χ0n) is 10.6. The van der Waals surface area contributed by atoms with Crippen molar-refractivity contribution < 1.29 is 14.4 Å². The lowest BCUT2D eigenvalue weighted by Crippen LogP contribution is -2.33. The third kappa shape index (κ3) is 2.97. The average molecular weight is 261 g/mol. The van der Waals surface area contributed by atoms with E-state index in [-0.39, 0.29) is 24.8 Å². The van der Waals surface area contributed by atoms with E-state index in [4.69, 9.17) is 9.63 Å². The first-order chi connectivity index (χ1) is 9.26. The van der Waals surface area contributed by atoms with Crippen LogP contribution >= 0.6 is 0 Å². The van der Waals surface area contributed by atoms with E-state index in [0.717, 1.165) is 5.56 Å². The number of likely N-dealkylation sites (N-methyl/N-ethyl adjacent to an activating group) is 1. The van der Waals surface area contributed by atoms with Crippen LogP contribution in [0.25, 0.3) is 11.3 Å². The first-order valence-corrected chi connectivity index (χ1v) is 6.03. The SMILES string of the molecule is CCN(CCO)C(=O)c1cc(-c2ccncc2)on1. The van der Waals surface area contributed by atoms with Gasteiger partial charge in [0.05, 0.1) is 6.61 Å². The fraction of sp³-hybridized carbons (Fsp3) is 0.308. The number of carbonyl (C=O) groups is 1. The highest BCUT2D eigenvalue weighted by Gasteiger charge is 2.18. The number of rotatable bonds is 5. The first kappa shape index (κ1) is 13.2. The molecule has 0 saturated heterocycles. The van der Waals surface area contributed by atoms with Crippen LogP contribution in [0.4, 0.5) is 0 Å². The Morgan fingerprint density at radius 3 is 2.79 bits per heavy atom. The molecular weight excluding hydrogens is 246 g/mol. The Kier molecular flexibility index (Phi) is 4.25. The second kappa shape index (κ2) is 6.10. The van der Waals surface area contributed by atoms with Gasteiger partial charge in [0.25, 0.3) is 5.91 Å². The van der Waals surface area contributed by atoms with Gasteiger partial charge in [0, 0.05) is 37.1 Å². The molecule has 6 heteroatoms. The van der Waals surface area contributed by atoms with Crippen LogP contribution in [0.2, 0.25) is 0 Å². The largest absolute Gasteiger partial charge is 0.395 e. The van der Waals surface area contributed by atoms with E-state index in [9.17, 15) is 4.79 Å². The molecule has 0 aliphatic carbocycles. The van der Waals surface area contributed by atoms with Crippen LogP contribution in [0.1, 0.15) is 17.4 Å². The van der Waals surface area contributed by atoms with E-state index >= 15 is 0 Å². The van der Waals surface area contributed by atoms with Crippen LogP contribution in [0.15, 0.2) is 35.1 Å². The summed E-state index contributed by atoms with van der Waals surface area (Å²) in [7, 11) is 0. The van der Waals surface area contributed by atoms with E-state index in [2.05, 4.69) is 10.1 Å². The summed E-state index contributed by atoms with van der Waals surface area (Å²) in [5.74, 6) is 0.270. The third-order valence-corrected chi connectivity index (χ3v) is 2.73. The maximum atomic E-state index is 12.1. The van der Waals surface area contributed by atoms with Gasteiger partial charge in [0.2, 0.25) is 0 Å². The van der Waals surface area contributed by atoms with Crippen LogP contribution < -0.4 is 0 Å². The number of aliphatic hydroxyl groups is 1. The maximum Gasteiger partial charge on any atom is 0.276 e. The van der Waals surface area contributed by atoms with Gasteiger partial charge >= 0.3 is 0 Å². The minimum absolute atomic E-state index is 0.0748. The fourth-order valence-corrected chi connectivity index (χ4v) is 1.71. The fourth-order valence-electron chi connectivity index (χ4n) is 1.71. The van der Waals surface area contributed by atoms with Crippen molar-refractivity contribution >= 4 is 5.91 Å². The van der Waals surface area contributed by atoms with Gasteiger partial charge in [-0.3, -0.25) is 9.78 Å². The van der Waals surface area contributed by atoms with Gasteiger partial charge in [-0.1, -0.05) is 5.16 Å². The lowest BCUT2D eigenvalue weighted by Gasteiger charge is -2.17. The standard InChI is InChI=1S/C13H15N3O3/c1-2-16(7-8-17)13(18)11-9-12(19-15-11)10-3-5-14-6-4-10/h3-6,9,17H,2,7-8H2,1H3. The molecule has 0 aromatic carbocycles. The van der Waals surface area contributed by atoms with Gasteiger partial charge in [-0.05, 0) is 19.1 Å². The molecule has 0 aliphatic heterocycles. The summed E-state index contributed by atoms with van der Waals surface area (Å²) >= 11 is 0. The Morgan fingerprint density at radius 1 is 1.42 bits per heavy atom. The van der Waals surface area contributed by atoms with E-state index in [1.807, 2.05) is 6.92 Å². The summed E-state index contributed by atoms with van der Waals surface area (Å²) in [5, 5.41) is 12.7. The monoisotopic (exact) mass is 261 g/mol. The summed E-state index contributed by atoms with van der Waals surface area (Å²) in [4.78, 5) is 17.5. The Balaban J connectivity index is 2.19. The molecule has 2 heterocycles. The van der Waals surface area contributed by atoms with Crippen molar-refractivity contribution in [3.63, 3.8) is 0 Å². The molecule has 0 unspecified atom stereocenters. The van der Waals surface area contributed by atoms with E-state index in [1.54, 1.807) is 30.6 Å². The third-order valence-electron chi connectivity index (χ3n) is 2.73. The zero-order chi connectivity index (χ0) is 13.7. The molecule has 100 valence electrons. The minimum atomic E-state index is -0.249. The summed E-state index contributed by atoms with van der Waals surface area (Å²) in [6.07, 6.45) is 3.28. The highest BCUT2D eigenvalue weighted by molar-refractivity contribution is 5.93. The molecule has 0 fully saturated rings. The van der Waals surface area contributed by atoms with E-state index in [0.29, 0.717) is 12.3 Å².